The first-order chi connectivity index (χ1) is 36.7. The highest BCUT2D eigenvalue weighted by Gasteiger charge is 2.61. The van der Waals surface area contributed by atoms with Crippen LogP contribution in [0.5, 0.6) is 0 Å². The maximum atomic E-state index is 14.6. The molecule has 12 rings (SSSR count). The lowest BCUT2D eigenvalue weighted by Crippen LogP contribution is -2.53. The first-order valence-corrected chi connectivity index (χ1v) is 24.0. The number of benzene rings is 6. The van der Waals surface area contributed by atoms with Gasteiger partial charge in [-0.05, 0) is 103 Å². The molecule has 2 spiro atoms. The number of fused-ring (bicyclic) bond motifs is 6. The van der Waals surface area contributed by atoms with Gasteiger partial charge in [0.15, 0.2) is 11.1 Å². The van der Waals surface area contributed by atoms with Crippen LogP contribution in [0, 0.1) is 24.0 Å². The van der Waals surface area contributed by atoms with Crippen LogP contribution in [0.4, 0.5) is 23.1 Å². The highest BCUT2D eigenvalue weighted by Crippen LogP contribution is 2.52. The van der Waals surface area contributed by atoms with Gasteiger partial charge in [-0.3, -0.25) is 43.8 Å². The second-order valence-electron chi connectivity index (χ2n) is 18.5. The number of nitrogens with zero attached hydrogens (tertiary/aromatic N) is 5. The van der Waals surface area contributed by atoms with Crippen molar-refractivity contribution in [2.45, 2.75) is 31.5 Å². The van der Waals surface area contributed by atoms with E-state index in [-0.39, 0.29) is 64.8 Å². The third-order valence-electron chi connectivity index (χ3n) is 14.2. The molecule has 0 fully saturated rings. The molecule has 4 aliphatic heterocycles. The zero-order chi connectivity index (χ0) is 53.2. The van der Waals surface area contributed by atoms with E-state index in [1.54, 1.807) is 72.8 Å². The SMILES string of the molecule is COC(=O)c1ccc(C(=O)N2CC=CC23C(=O)N(c2c(C)cccc2C)c2oc4ccccc4c(=O)c23)cc1.O=C(c1ccc([N+](=O)[O-])cc1)N1CC=CC12C(=O)N(Cc1ccccc1)c1oc3ccccc3c(=O)c12. The number of esters is 1. The minimum Gasteiger partial charge on any atom is -0.465 e. The number of hydrogen-bond acceptors (Lipinski definition) is 12. The third-order valence-corrected chi connectivity index (χ3v) is 14.2. The molecule has 6 aromatic carbocycles. The number of hydrogen-bond donors (Lipinski definition) is 0. The predicted molar refractivity (Wildman–Crippen MR) is 280 cm³/mol. The molecule has 17 nitrogen and oxygen atoms in total. The lowest BCUT2D eigenvalue weighted by Gasteiger charge is -2.33. The van der Waals surface area contributed by atoms with Gasteiger partial charge in [-0.25, -0.2) is 9.69 Å². The summed E-state index contributed by atoms with van der Waals surface area (Å²) in [6.07, 6.45) is 6.58. The Hall–Kier alpha value is -10.0. The summed E-state index contributed by atoms with van der Waals surface area (Å²) in [5.74, 6) is -2.27. The summed E-state index contributed by atoms with van der Waals surface area (Å²) < 4.78 is 17.2. The number of anilines is 3. The zero-order valence-electron chi connectivity index (χ0n) is 40.9. The highest BCUT2D eigenvalue weighted by atomic mass is 16.6. The maximum Gasteiger partial charge on any atom is 0.337 e. The van der Waals surface area contributed by atoms with Crippen LogP contribution in [0.25, 0.3) is 21.9 Å². The molecule has 0 bridgehead atoms. The molecule has 8 aromatic rings. The number of aryl methyl sites for hydroxylation is 2. The molecule has 76 heavy (non-hydrogen) atoms. The van der Waals surface area contributed by atoms with Gasteiger partial charge in [0.05, 0.1) is 40.6 Å². The monoisotopic (exact) mass is 1010 g/mol. The van der Waals surface area contributed by atoms with Crippen LogP contribution in [0.15, 0.2) is 188 Å². The second-order valence-corrected chi connectivity index (χ2v) is 18.5. The van der Waals surface area contributed by atoms with Gasteiger partial charge in [-0.1, -0.05) is 84.9 Å². The number of amides is 4. The van der Waals surface area contributed by atoms with Gasteiger partial charge in [0.25, 0.3) is 29.3 Å². The van der Waals surface area contributed by atoms with Crippen molar-refractivity contribution in [1.82, 2.24) is 9.80 Å². The second kappa shape index (κ2) is 18.5. The van der Waals surface area contributed by atoms with Crippen LogP contribution in [-0.4, -0.2) is 64.5 Å². The topological polar surface area (TPSA) is 211 Å². The number of rotatable bonds is 7. The summed E-state index contributed by atoms with van der Waals surface area (Å²) in [7, 11) is 1.28. The molecule has 2 atom stereocenters. The molecule has 17 heteroatoms. The maximum absolute atomic E-state index is 14.6. The number of para-hydroxylation sites is 3. The van der Waals surface area contributed by atoms with E-state index in [4.69, 9.17) is 13.6 Å². The molecule has 4 aliphatic rings. The van der Waals surface area contributed by atoms with E-state index in [0.29, 0.717) is 33.2 Å². The summed E-state index contributed by atoms with van der Waals surface area (Å²) >= 11 is 0. The Morgan fingerprint density at radius 3 is 1.61 bits per heavy atom. The van der Waals surface area contributed by atoms with Crippen molar-refractivity contribution in [2.75, 3.05) is 30.0 Å². The predicted octanol–water partition coefficient (Wildman–Crippen LogP) is 8.94. The largest absolute Gasteiger partial charge is 0.465 e. The summed E-state index contributed by atoms with van der Waals surface area (Å²) in [6, 6.07) is 39.7. The lowest BCUT2D eigenvalue weighted by atomic mass is 9.90. The van der Waals surface area contributed by atoms with Gasteiger partial charge in [0, 0.05) is 36.3 Å². The van der Waals surface area contributed by atoms with E-state index in [0.717, 1.165) is 16.7 Å². The molecular weight excluding hydrogens is 971 g/mol. The van der Waals surface area contributed by atoms with Crippen LogP contribution >= 0.6 is 0 Å². The Kier molecular flexibility index (Phi) is 11.7. The molecule has 4 amide bonds. The summed E-state index contributed by atoms with van der Waals surface area (Å²) in [5.41, 5.74) is 0.315. The Balaban J connectivity index is 0.000000162. The molecule has 6 heterocycles. The van der Waals surface area contributed by atoms with Gasteiger partial charge in [0.1, 0.15) is 22.3 Å². The highest BCUT2D eigenvalue weighted by molar-refractivity contribution is 6.17. The van der Waals surface area contributed by atoms with Gasteiger partial charge >= 0.3 is 5.97 Å². The molecule has 0 radical (unpaired) electrons. The summed E-state index contributed by atoms with van der Waals surface area (Å²) in [4.78, 5) is 112. The van der Waals surface area contributed by atoms with Gasteiger partial charge in [-0.15, -0.1) is 0 Å². The molecule has 2 unspecified atom stereocenters. The standard InChI is InChI=1S/C31H24N2O6.C28H19N3O6/c1-18-8-6-9-19(2)25(18)33-28-24(26(34)22-10-4-5-11-23(22)39-28)31(30(33)37)16-7-17-32(31)27(35)20-12-14-21(15-13-20)29(36)38-3;32-24-21-9-4-5-10-22(21)37-26-23(24)28(27(34)29(26)17-18-7-2-1-3-8-18)15-6-16-30(28)25(33)19-11-13-20(14-12-19)31(35)36/h4-16H,17H2,1-3H3;1-15H,16-17H2. The van der Waals surface area contributed by atoms with Crippen molar-refractivity contribution in [2.24, 2.45) is 0 Å². The zero-order valence-corrected chi connectivity index (χ0v) is 40.9. The van der Waals surface area contributed by atoms with Gasteiger partial charge < -0.3 is 23.4 Å². The fraction of sp³-hybridized carbons (Fsp3) is 0.136. The number of ether oxygens (including phenoxy) is 1. The van der Waals surface area contributed by atoms with E-state index < -0.39 is 51.0 Å². The first-order valence-electron chi connectivity index (χ1n) is 24.0. The molecular formula is C59H43N5O12. The molecule has 2 aromatic heterocycles. The normalized spacial score (nSPS) is 17.9. The molecule has 0 N–H and O–H groups in total. The van der Waals surface area contributed by atoms with E-state index in [1.165, 1.54) is 75.2 Å². The van der Waals surface area contributed by atoms with Crippen molar-refractivity contribution >= 4 is 74.7 Å². The van der Waals surface area contributed by atoms with Crippen molar-refractivity contribution in [3.8, 4) is 0 Å². The van der Waals surface area contributed by atoms with Crippen LogP contribution in [0.3, 0.4) is 0 Å². The summed E-state index contributed by atoms with van der Waals surface area (Å²) in [5, 5.41) is 11.7. The molecule has 0 aliphatic carbocycles. The minimum atomic E-state index is -1.70. The van der Waals surface area contributed by atoms with Crippen molar-refractivity contribution < 1.29 is 42.5 Å². The van der Waals surface area contributed by atoms with Crippen LogP contribution in [0.1, 0.15) is 58.9 Å². The lowest BCUT2D eigenvalue weighted by molar-refractivity contribution is -0.384. The number of nitro benzene ring substituents is 1. The quantitative estimate of drug-likeness (QED) is 0.0634. The van der Waals surface area contributed by atoms with E-state index >= 15 is 0 Å². The van der Waals surface area contributed by atoms with Crippen molar-refractivity contribution in [1.29, 1.82) is 0 Å². The fourth-order valence-electron chi connectivity index (χ4n) is 10.7. The Bertz CT molecular complexity index is 3960. The van der Waals surface area contributed by atoms with Crippen LogP contribution < -0.4 is 20.7 Å². The Morgan fingerprint density at radius 2 is 1.07 bits per heavy atom. The Labute approximate surface area is 431 Å². The van der Waals surface area contributed by atoms with E-state index in [9.17, 15) is 43.7 Å². The molecule has 0 saturated carbocycles. The van der Waals surface area contributed by atoms with Crippen molar-refractivity contribution in [3.05, 3.63) is 245 Å². The Morgan fingerprint density at radius 1 is 0.592 bits per heavy atom. The van der Waals surface area contributed by atoms with Crippen LogP contribution in [-0.2, 0) is 31.9 Å². The van der Waals surface area contributed by atoms with Gasteiger partial charge in [-0.2, -0.15) is 0 Å². The summed E-state index contributed by atoms with van der Waals surface area (Å²) in [6.45, 7) is 4.09. The number of non-ortho nitro benzene ring substituents is 1. The number of carbonyl (C=O) groups excluding carboxylic acids is 5. The molecule has 376 valence electrons. The smallest absolute Gasteiger partial charge is 0.337 e. The average Bonchev–Trinajstić information content (AvgIpc) is 4.40. The number of nitro groups is 1. The third kappa shape index (κ3) is 7.33. The molecule has 0 saturated heterocycles. The van der Waals surface area contributed by atoms with Gasteiger partial charge in [0.2, 0.25) is 22.6 Å². The number of methoxy groups -OCH3 is 1. The minimum absolute atomic E-state index is 0.0758. The van der Waals surface area contributed by atoms with Crippen molar-refractivity contribution in [3.63, 3.8) is 0 Å². The van der Waals surface area contributed by atoms with Crippen LogP contribution in [0.2, 0.25) is 0 Å². The van der Waals surface area contributed by atoms with E-state index in [1.807, 2.05) is 62.4 Å². The fourth-order valence-corrected chi connectivity index (χ4v) is 10.7. The number of carbonyl (C=O) groups is 5. The van der Waals surface area contributed by atoms with E-state index in [2.05, 4.69) is 0 Å². The first kappa shape index (κ1) is 48.2. The average molecular weight is 1010 g/mol.